The number of nitrogen functional groups attached to an aromatic ring is 1. The van der Waals surface area contributed by atoms with Gasteiger partial charge in [-0.1, -0.05) is 6.07 Å². The monoisotopic (exact) mass is 368 g/mol. The summed E-state index contributed by atoms with van der Waals surface area (Å²) in [7, 11) is 0. The number of anilines is 2. The first-order valence-corrected chi connectivity index (χ1v) is 9.50. The molecule has 144 valence electrons. The van der Waals surface area contributed by atoms with E-state index in [0.717, 1.165) is 38.5 Å². The number of hydrogen-bond donors (Lipinski definition) is 1. The molecule has 1 saturated heterocycles. The standard InChI is InChI=1S/C21H28N4O2/c1-16(2)27-20-7-6-17(15-18(20)22)19(26)8-10-24-11-13-25(14-12-24)21-5-3-4-9-23-21/h3-7,9,15-16H,8,10-14,22H2,1-2H3. The number of ether oxygens (including phenoxy) is 1. The van der Waals surface area contributed by atoms with Gasteiger partial charge in [0.25, 0.3) is 0 Å². The van der Waals surface area contributed by atoms with Crippen LogP contribution in [0.1, 0.15) is 30.6 Å². The lowest BCUT2D eigenvalue weighted by molar-refractivity contribution is 0.0962. The summed E-state index contributed by atoms with van der Waals surface area (Å²) in [6.45, 7) is 8.40. The second-order valence-corrected chi connectivity index (χ2v) is 7.11. The van der Waals surface area contributed by atoms with Crippen LogP contribution in [0, 0.1) is 0 Å². The molecule has 0 unspecified atom stereocenters. The number of carbonyl (C=O) groups excluding carboxylic acids is 1. The molecule has 6 nitrogen and oxygen atoms in total. The minimum absolute atomic E-state index is 0.0543. The van der Waals surface area contributed by atoms with E-state index in [9.17, 15) is 4.79 Å². The molecule has 0 aliphatic carbocycles. The zero-order valence-corrected chi connectivity index (χ0v) is 16.1. The highest BCUT2D eigenvalue weighted by molar-refractivity contribution is 5.97. The van der Waals surface area contributed by atoms with Crippen LogP contribution in [0.5, 0.6) is 5.75 Å². The molecule has 6 heteroatoms. The smallest absolute Gasteiger partial charge is 0.164 e. The highest BCUT2D eigenvalue weighted by Crippen LogP contribution is 2.24. The van der Waals surface area contributed by atoms with Crippen molar-refractivity contribution < 1.29 is 9.53 Å². The number of Topliss-reactive ketones (excluding diaryl/α,β-unsaturated/α-hetero) is 1. The highest BCUT2D eigenvalue weighted by atomic mass is 16.5. The Bertz CT molecular complexity index is 756. The van der Waals surface area contributed by atoms with Crippen molar-refractivity contribution in [1.29, 1.82) is 0 Å². The minimum atomic E-state index is 0.0543. The van der Waals surface area contributed by atoms with Crippen LogP contribution < -0.4 is 15.4 Å². The number of nitrogens with zero attached hydrogens (tertiary/aromatic N) is 3. The third kappa shape index (κ3) is 5.20. The SMILES string of the molecule is CC(C)Oc1ccc(C(=O)CCN2CCN(c3ccccn3)CC2)cc1N. The van der Waals surface area contributed by atoms with E-state index in [2.05, 4.69) is 14.8 Å². The molecule has 27 heavy (non-hydrogen) atoms. The Labute approximate surface area is 160 Å². The molecule has 0 spiro atoms. The molecule has 0 bridgehead atoms. The number of carbonyl (C=O) groups is 1. The maximum Gasteiger partial charge on any atom is 0.164 e. The second-order valence-electron chi connectivity index (χ2n) is 7.11. The number of aromatic nitrogens is 1. The Morgan fingerprint density at radius 1 is 1.19 bits per heavy atom. The van der Waals surface area contributed by atoms with Crippen molar-refractivity contribution >= 4 is 17.3 Å². The Kier molecular flexibility index (Phi) is 6.29. The van der Waals surface area contributed by atoms with Crippen LogP contribution in [0.4, 0.5) is 11.5 Å². The van der Waals surface area contributed by atoms with E-state index in [4.69, 9.17) is 10.5 Å². The van der Waals surface area contributed by atoms with E-state index in [-0.39, 0.29) is 11.9 Å². The van der Waals surface area contributed by atoms with Crippen LogP contribution in [-0.2, 0) is 0 Å². The zero-order chi connectivity index (χ0) is 19.2. The van der Waals surface area contributed by atoms with Crippen molar-refractivity contribution in [3.63, 3.8) is 0 Å². The molecule has 2 aromatic rings. The first-order chi connectivity index (χ1) is 13.0. The van der Waals surface area contributed by atoms with Gasteiger partial charge in [-0.25, -0.2) is 4.98 Å². The first-order valence-electron chi connectivity index (χ1n) is 9.50. The van der Waals surface area contributed by atoms with Crippen molar-refractivity contribution in [1.82, 2.24) is 9.88 Å². The Balaban J connectivity index is 1.48. The quantitative estimate of drug-likeness (QED) is 0.598. The summed E-state index contributed by atoms with van der Waals surface area (Å²) < 4.78 is 5.63. The molecule has 0 saturated carbocycles. The summed E-state index contributed by atoms with van der Waals surface area (Å²) in [5.74, 6) is 1.77. The van der Waals surface area contributed by atoms with Gasteiger partial charge >= 0.3 is 0 Å². The van der Waals surface area contributed by atoms with Gasteiger partial charge in [0.05, 0.1) is 11.8 Å². The summed E-state index contributed by atoms with van der Waals surface area (Å²) in [6.07, 6.45) is 2.37. The molecular weight excluding hydrogens is 340 g/mol. The zero-order valence-electron chi connectivity index (χ0n) is 16.1. The largest absolute Gasteiger partial charge is 0.489 e. The molecule has 0 atom stereocenters. The van der Waals surface area contributed by atoms with E-state index >= 15 is 0 Å². The molecular formula is C21H28N4O2. The first kappa shape index (κ1) is 19.2. The Morgan fingerprint density at radius 2 is 1.96 bits per heavy atom. The van der Waals surface area contributed by atoms with Crippen molar-refractivity contribution in [3.05, 3.63) is 48.2 Å². The van der Waals surface area contributed by atoms with E-state index in [0.29, 0.717) is 23.4 Å². The fourth-order valence-corrected chi connectivity index (χ4v) is 3.23. The van der Waals surface area contributed by atoms with Crippen LogP contribution in [-0.4, -0.2) is 54.5 Å². The molecule has 1 aliphatic rings. The molecule has 1 aliphatic heterocycles. The molecule has 2 N–H and O–H groups in total. The maximum absolute atomic E-state index is 12.5. The van der Waals surface area contributed by atoms with Crippen molar-refractivity contribution in [2.24, 2.45) is 0 Å². The van der Waals surface area contributed by atoms with Crippen LogP contribution in [0.3, 0.4) is 0 Å². The van der Waals surface area contributed by atoms with Crippen LogP contribution in [0.15, 0.2) is 42.6 Å². The van der Waals surface area contributed by atoms with E-state index in [1.807, 2.05) is 38.2 Å². The summed E-state index contributed by atoms with van der Waals surface area (Å²) >= 11 is 0. The lowest BCUT2D eigenvalue weighted by Gasteiger charge is -2.35. The van der Waals surface area contributed by atoms with Crippen molar-refractivity contribution in [2.45, 2.75) is 26.4 Å². The molecule has 1 aromatic carbocycles. The van der Waals surface area contributed by atoms with Crippen molar-refractivity contribution in [3.8, 4) is 5.75 Å². The molecule has 2 heterocycles. The fraction of sp³-hybridized carbons (Fsp3) is 0.429. The predicted octanol–water partition coefficient (Wildman–Crippen LogP) is 2.85. The second kappa shape index (κ2) is 8.86. The number of pyridine rings is 1. The van der Waals surface area contributed by atoms with Gasteiger partial charge in [-0.3, -0.25) is 9.69 Å². The molecule has 3 rings (SSSR count). The van der Waals surface area contributed by atoms with Crippen molar-refractivity contribution in [2.75, 3.05) is 43.4 Å². The summed E-state index contributed by atoms with van der Waals surface area (Å²) in [5.41, 5.74) is 7.18. The van der Waals surface area contributed by atoms with Crippen LogP contribution >= 0.6 is 0 Å². The van der Waals surface area contributed by atoms with E-state index in [1.54, 1.807) is 18.2 Å². The Hall–Kier alpha value is -2.60. The normalized spacial score (nSPS) is 15.1. The van der Waals surface area contributed by atoms with Gasteiger partial charge in [0.2, 0.25) is 0 Å². The Morgan fingerprint density at radius 3 is 2.59 bits per heavy atom. The van der Waals surface area contributed by atoms with Gasteiger partial charge in [-0.05, 0) is 44.2 Å². The van der Waals surface area contributed by atoms with Gasteiger partial charge in [-0.2, -0.15) is 0 Å². The summed E-state index contributed by atoms with van der Waals surface area (Å²) in [5, 5.41) is 0. The topological polar surface area (TPSA) is 71.7 Å². The number of benzene rings is 1. The number of rotatable bonds is 7. The predicted molar refractivity (Wildman–Crippen MR) is 108 cm³/mol. The van der Waals surface area contributed by atoms with Gasteiger partial charge < -0.3 is 15.4 Å². The average molecular weight is 368 g/mol. The molecule has 0 amide bonds. The lowest BCUT2D eigenvalue weighted by atomic mass is 10.1. The lowest BCUT2D eigenvalue weighted by Crippen LogP contribution is -2.47. The summed E-state index contributed by atoms with van der Waals surface area (Å²) in [4.78, 5) is 21.5. The molecule has 1 fully saturated rings. The molecule has 1 aromatic heterocycles. The third-order valence-corrected chi connectivity index (χ3v) is 4.70. The number of hydrogen-bond acceptors (Lipinski definition) is 6. The average Bonchev–Trinajstić information content (AvgIpc) is 2.68. The summed E-state index contributed by atoms with van der Waals surface area (Å²) in [6, 6.07) is 11.3. The minimum Gasteiger partial charge on any atom is -0.489 e. The third-order valence-electron chi connectivity index (χ3n) is 4.70. The van der Waals surface area contributed by atoms with Crippen LogP contribution in [0.2, 0.25) is 0 Å². The highest BCUT2D eigenvalue weighted by Gasteiger charge is 2.19. The van der Waals surface area contributed by atoms with Gasteiger partial charge in [0.1, 0.15) is 11.6 Å². The van der Waals surface area contributed by atoms with Gasteiger partial charge in [-0.15, -0.1) is 0 Å². The number of ketones is 1. The van der Waals surface area contributed by atoms with Gasteiger partial charge in [0.15, 0.2) is 5.78 Å². The van der Waals surface area contributed by atoms with E-state index in [1.165, 1.54) is 0 Å². The van der Waals surface area contributed by atoms with Gasteiger partial charge in [0, 0.05) is 50.9 Å². The molecule has 0 radical (unpaired) electrons. The number of piperazine rings is 1. The maximum atomic E-state index is 12.5. The van der Waals surface area contributed by atoms with E-state index < -0.39 is 0 Å². The van der Waals surface area contributed by atoms with Crippen LogP contribution in [0.25, 0.3) is 0 Å². The number of nitrogens with two attached hydrogens (primary N) is 1. The fourth-order valence-electron chi connectivity index (χ4n) is 3.23.